The van der Waals surface area contributed by atoms with Crippen molar-refractivity contribution < 1.29 is 4.79 Å². The smallest absolute Gasteiger partial charge is 0.251 e. The van der Waals surface area contributed by atoms with Crippen LogP contribution in [0.15, 0.2) is 18.2 Å². The molecular formula is C23H30ClN3O. The molecule has 1 amide bonds. The maximum absolute atomic E-state index is 12.6. The molecule has 0 unspecified atom stereocenters. The number of hydrogen-bond donors (Lipinski definition) is 1. The van der Waals surface area contributed by atoms with E-state index in [-0.39, 0.29) is 5.91 Å². The number of carbonyl (C=O) groups is 1. The molecule has 0 saturated carbocycles. The number of halogens is 1. The van der Waals surface area contributed by atoms with E-state index in [9.17, 15) is 4.79 Å². The van der Waals surface area contributed by atoms with Gasteiger partial charge in [0.25, 0.3) is 5.91 Å². The standard InChI is InChI=1S/C23H30ClN3O/c1-16-9-13-27(14-10-16)12-4-11-25-23(28)17-7-8-19-21(15-17)26-20-6-3-2-5-18(20)22(19)24/h7-8,15-16H,2-6,9-14H2,1H3,(H,25,28). The molecule has 1 aromatic carbocycles. The lowest BCUT2D eigenvalue weighted by Crippen LogP contribution is -2.35. The molecule has 1 N–H and O–H groups in total. The van der Waals surface area contributed by atoms with Gasteiger partial charge in [0.2, 0.25) is 0 Å². The van der Waals surface area contributed by atoms with Gasteiger partial charge in [0.15, 0.2) is 0 Å². The van der Waals surface area contributed by atoms with Crippen molar-refractivity contribution in [1.29, 1.82) is 0 Å². The average Bonchev–Trinajstić information content (AvgIpc) is 2.72. The van der Waals surface area contributed by atoms with Crippen LogP contribution >= 0.6 is 11.6 Å². The first-order chi connectivity index (χ1) is 13.6. The summed E-state index contributed by atoms with van der Waals surface area (Å²) < 4.78 is 0. The van der Waals surface area contributed by atoms with Crippen molar-refractivity contribution in [3.8, 4) is 0 Å². The number of likely N-dealkylation sites (tertiary alicyclic amines) is 1. The van der Waals surface area contributed by atoms with Gasteiger partial charge in [-0.2, -0.15) is 0 Å². The molecule has 0 atom stereocenters. The van der Waals surface area contributed by atoms with Crippen LogP contribution in [-0.4, -0.2) is 42.0 Å². The molecule has 1 aromatic heterocycles. The third kappa shape index (κ3) is 4.33. The first kappa shape index (κ1) is 19.7. The molecule has 1 aliphatic carbocycles. The SMILES string of the molecule is CC1CCN(CCCNC(=O)c2ccc3c(Cl)c4c(nc3c2)CCCC4)CC1. The summed E-state index contributed by atoms with van der Waals surface area (Å²) in [6, 6.07) is 5.70. The molecule has 2 heterocycles. The monoisotopic (exact) mass is 399 g/mol. The summed E-state index contributed by atoms with van der Waals surface area (Å²) in [6.45, 7) is 6.49. The van der Waals surface area contributed by atoms with Gasteiger partial charge in [-0.25, -0.2) is 0 Å². The predicted molar refractivity (Wildman–Crippen MR) is 115 cm³/mol. The van der Waals surface area contributed by atoms with E-state index in [1.165, 1.54) is 37.9 Å². The molecule has 2 aliphatic rings. The number of hydrogen-bond acceptors (Lipinski definition) is 3. The molecular weight excluding hydrogens is 370 g/mol. The zero-order valence-electron chi connectivity index (χ0n) is 16.8. The third-order valence-electron chi connectivity index (χ3n) is 6.27. The maximum Gasteiger partial charge on any atom is 0.251 e. The summed E-state index contributed by atoms with van der Waals surface area (Å²) in [7, 11) is 0. The van der Waals surface area contributed by atoms with Crippen molar-refractivity contribution >= 4 is 28.4 Å². The van der Waals surface area contributed by atoms with E-state index in [4.69, 9.17) is 16.6 Å². The van der Waals surface area contributed by atoms with Crippen molar-refractivity contribution in [3.63, 3.8) is 0 Å². The van der Waals surface area contributed by atoms with Crippen LogP contribution in [0.1, 0.15) is 60.6 Å². The number of nitrogens with one attached hydrogen (secondary N) is 1. The van der Waals surface area contributed by atoms with Crippen LogP contribution in [0.3, 0.4) is 0 Å². The molecule has 2 aromatic rings. The van der Waals surface area contributed by atoms with E-state index in [1.54, 1.807) is 0 Å². The number of piperidine rings is 1. The second-order valence-electron chi connectivity index (χ2n) is 8.42. The number of fused-ring (bicyclic) bond motifs is 2. The predicted octanol–water partition coefficient (Wildman–Crippen LogP) is 4.62. The Balaban J connectivity index is 1.36. The van der Waals surface area contributed by atoms with Gasteiger partial charge in [-0.1, -0.05) is 24.6 Å². The molecule has 4 nitrogen and oxygen atoms in total. The van der Waals surface area contributed by atoms with Crippen molar-refractivity contribution in [1.82, 2.24) is 15.2 Å². The van der Waals surface area contributed by atoms with E-state index in [1.807, 2.05) is 18.2 Å². The molecule has 1 aliphatic heterocycles. The van der Waals surface area contributed by atoms with Gasteiger partial charge in [0.1, 0.15) is 0 Å². The highest BCUT2D eigenvalue weighted by Crippen LogP contribution is 2.33. The highest BCUT2D eigenvalue weighted by Gasteiger charge is 2.18. The van der Waals surface area contributed by atoms with E-state index < -0.39 is 0 Å². The lowest BCUT2D eigenvalue weighted by molar-refractivity contribution is 0.0950. The van der Waals surface area contributed by atoms with E-state index >= 15 is 0 Å². The van der Waals surface area contributed by atoms with Gasteiger partial charge in [-0.15, -0.1) is 0 Å². The van der Waals surface area contributed by atoms with Crippen LogP contribution in [0.4, 0.5) is 0 Å². The van der Waals surface area contributed by atoms with Gasteiger partial charge in [-0.3, -0.25) is 9.78 Å². The summed E-state index contributed by atoms with van der Waals surface area (Å²) >= 11 is 6.63. The van der Waals surface area contributed by atoms with Crippen molar-refractivity contribution in [2.75, 3.05) is 26.2 Å². The molecule has 1 fully saturated rings. The summed E-state index contributed by atoms with van der Waals surface area (Å²) in [4.78, 5) is 19.9. The lowest BCUT2D eigenvalue weighted by atomic mass is 9.94. The number of carbonyl (C=O) groups excluding carboxylic acids is 1. The van der Waals surface area contributed by atoms with Crippen LogP contribution in [-0.2, 0) is 12.8 Å². The van der Waals surface area contributed by atoms with E-state index in [0.29, 0.717) is 12.1 Å². The Bertz CT molecular complexity index is 859. The molecule has 0 radical (unpaired) electrons. The Morgan fingerprint density at radius 3 is 2.86 bits per heavy atom. The molecule has 5 heteroatoms. The molecule has 0 spiro atoms. The van der Waals surface area contributed by atoms with Crippen LogP contribution < -0.4 is 5.32 Å². The summed E-state index contributed by atoms with van der Waals surface area (Å²) in [6.07, 6.45) is 7.91. The quantitative estimate of drug-likeness (QED) is 0.746. The van der Waals surface area contributed by atoms with Crippen molar-refractivity contribution in [3.05, 3.63) is 40.0 Å². The Morgan fingerprint density at radius 1 is 1.25 bits per heavy atom. The van der Waals surface area contributed by atoms with Crippen LogP contribution in [0.5, 0.6) is 0 Å². The van der Waals surface area contributed by atoms with Crippen molar-refractivity contribution in [2.45, 2.75) is 51.9 Å². The highest BCUT2D eigenvalue weighted by molar-refractivity contribution is 6.36. The Hall–Kier alpha value is -1.65. The second-order valence-corrected chi connectivity index (χ2v) is 8.80. The Labute approximate surface area is 172 Å². The number of benzene rings is 1. The second kappa shape index (κ2) is 8.79. The van der Waals surface area contributed by atoms with Crippen molar-refractivity contribution in [2.24, 2.45) is 5.92 Å². The molecule has 4 rings (SSSR count). The van der Waals surface area contributed by atoms with Gasteiger partial charge >= 0.3 is 0 Å². The first-order valence-corrected chi connectivity index (χ1v) is 11.1. The minimum Gasteiger partial charge on any atom is -0.352 e. The zero-order valence-corrected chi connectivity index (χ0v) is 17.5. The van der Waals surface area contributed by atoms with Gasteiger partial charge in [0, 0.05) is 23.2 Å². The lowest BCUT2D eigenvalue weighted by Gasteiger charge is -2.30. The number of amides is 1. The Morgan fingerprint density at radius 2 is 2.04 bits per heavy atom. The van der Waals surface area contributed by atoms with E-state index in [2.05, 4.69) is 17.1 Å². The third-order valence-corrected chi connectivity index (χ3v) is 6.70. The fourth-order valence-electron chi connectivity index (χ4n) is 4.40. The van der Waals surface area contributed by atoms with Crippen LogP contribution in [0.2, 0.25) is 5.02 Å². The van der Waals surface area contributed by atoms with Crippen LogP contribution in [0.25, 0.3) is 10.9 Å². The van der Waals surface area contributed by atoms with Crippen LogP contribution in [0, 0.1) is 5.92 Å². The number of nitrogens with zero attached hydrogens (tertiary/aromatic N) is 2. The Kier molecular flexibility index (Phi) is 6.17. The summed E-state index contributed by atoms with van der Waals surface area (Å²) in [5.74, 6) is 0.835. The number of rotatable bonds is 5. The van der Waals surface area contributed by atoms with Gasteiger partial charge < -0.3 is 10.2 Å². The number of aromatic nitrogens is 1. The van der Waals surface area contributed by atoms with Gasteiger partial charge in [-0.05, 0) is 88.2 Å². The molecule has 1 saturated heterocycles. The maximum atomic E-state index is 12.6. The fraction of sp³-hybridized carbons (Fsp3) is 0.565. The minimum atomic E-state index is -0.0233. The summed E-state index contributed by atoms with van der Waals surface area (Å²) in [5, 5.41) is 4.84. The zero-order chi connectivity index (χ0) is 19.5. The normalized spacial score (nSPS) is 18.2. The minimum absolute atomic E-state index is 0.0233. The molecule has 0 bridgehead atoms. The fourth-order valence-corrected chi connectivity index (χ4v) is 4.76. The summed E-state index contributed by atoms with van der Waals surface area (Å²) in [5.41, 5.74) is 3.81. The number of aryl methyl sites for hydroxylation is 1. The first-order valence-electron chi connectivity index (χ1n) is 10.7. The number of pyridine rings is 1. The molecule has 150 valence electrons. The highest BCUT2D eigenvalue weighted by atomic mass is 35.5. The average molecular weight is 400 g/mol. The van der Waals surface area contributed by atoms with Gasteiger partial charge in [0.05, 0.1) is 10.5 Å². The van der Waals surface area contributed by atoms with E-state index in [0.717, 1.165) is 59.8 Å². The molecule has 28 heavy (non-hydrogen) atoms. The largest absolute Gasteiger partial charge is 0.352 e. The topological polar surface area (TPSA) is 45.2 Å².